The lowest BCUT2D eigenvalue weighted by atomic mass is 10.1. The second-order valence-electron chi connectivity index (χ2n) is 8.26. The minimum Gasteiger partial charge on any atom is -0.396 e. The number of aromatic nitrogens is 4. The van der Waals surface area contributed by atoms with Gasteiger partial charge in [0.1, 0.15) is 22.4 Å². The lowest BCUT2D eigenvalue weighted by Crippen LogP contribution is -2.35. The first kappa shape index (κ1) is 23.7. The number of methoxy groups -OCH3 is 1. The van der Waals surface area contributed by atoms with Crippen LogP contribution in [0.25, 0.3) is 20.8 Å². The molecule has 0 bridgehead atoms. The number of thiazole rings is 1. The highest BCUT2D eigenvalue weighted by Gasteiger charge is 2.41. The van der Waals surface area contributed by atoms with Gasteiger partial charge in [-0.05, 0) is 32.3 Å². The number of anilines is 2. The van der Waals surface area contributed by atoms with Crippen LogP contribution in [-0.4, -0.2) is 80.4 Å². The third-order valence-corrected chi connectivity index (χ3v) is 6.96. The molecule has 3 aromatic heterocycles. The first-order chi connectivity index (χ1) is 16.0. The number of hydrogen-bond acceptors (Lipinski definition) is 11. The lowest BCUT2D eigenvalue weighted by molar-refractivity contribution is 0.00446. The van der Waals surface area contributed by atoms with Crippen LogP contribution < -0.4 is 10.6 Å². The average Bonchev–Trinajstić information content (AvgIpc) is 3.34. The number of nitrogens with one attached hydrogen (secondary N) is 2. The molecule has 3 aromatic rings. The maximum atomic E-state index is 10.5. The van der Waals surface area contributed by atoms with Gasteiger partial charge in [0.25, 0.3) is 0 Å². The van der Waals surface area contributed by atoms with E-state index in [4.69, 9.17) is 14.7 Å². The van der Waals surface area contributed by atoms with Crippen molar-refractivity contribution >= 4 is 33.3 Å². The van der Waals surface area contributed by atoms with Crippen molar-refractivity contribution in [3.05, 3.63) is 24.2 Å². The topological polar surface area (TPSA) is 146 Å². The summed E-state index contributed by atoms with van der Waals surface area (Å²) < 4.78 is 6.09. The Kier molecular flexibility index (Phi) is 7.66. The lowest BCUT2D eigenvalue weighted by Gasteiger charge is -2.21. The smallest absolute Gasteiger partial charge is 0.224 e. The Balaban J connectivity index is 1.65. The molecule has 33 heavy (non-hydrogen) atoms. The van der Waals surface area contributed by atoms with Crippen molar-refractivity contribution in [2.75, 3.05) is 37.5 Å². The van der Waals surface area contributed by atoms with E-state index >= 15 is 0 Å². The maximum absolute atomic E-state index is 10.5. The minimum absolute atomic E-state index is 0.189. The molecule has 0 aromatic carbocycles. The predicted octanol–water partition coefficient (Wildman–Crippen LogP) is 1.81. The van der Waals surface area contributed by atoms with Crippen LogP contribution in [0.1, 0.15) is 25.0 Å². The normalized spacial score (nSPS) is 22.7. The third-order valence-electron chi connectivity index (χ3n) is 5.91. The van der Waals surface area contributed by atoms with Crippen molar-refractivity contribution in [1.82, 2.24) is 19.9 Å². The van der Waals surface area contributed by atoms with Gasteiger partial charge in [0.05, 0.1) is 34.3 Å². The van der Waals surface area contributed by atoms with Crippen molar-refractivity contribution in [2.24, 2.45) is 5.92 Å². The van der Waals surface area contributed by atoms with Gasteiger partial charge in [0, 0.05) is 39.0 Å². The number of aliphatic hydroxyl groups excluding tert-OH is 3. The van der Waals surface area contributed by atoms with E-state index in [0.717, 1.165) is 39.3 Å². The van der Waals surface area contributed by atoms with Gasteiger partial charge in [-0.2, -0.15) is 4.98 Å². The maximum Gasteiger partial charge on any atom is 0.224 e. The van der Waals surface area contributed by atoms with Crippen LogP contribution in [-0.2, 0) is 4.74 Å². The van der Waals surface area contributed by atoms with Crippen LogP contribution in [0.4, 0.5) is 11.8 Å². The Hall–Kier alpha value is -2.44. The molecular formula is C22H30N6O4S. The highest BCUT2D eigenvalue weighted by atomic mass is 32.1. The van der Waals surface area contributed by atoms with Crippen LogP contribution >= 0.6 is 11.3 Å². The van der Waals surface area contributed by atoms with Crippen LogP contribution in [0.3, 0.4) is 0 Å². The van der Waals surface area contributed by atoms with Crippen LogP contribution in [0.2, 0.25) is 0 Å². The molecule has 4 atom stereocenters. The number of ether oxygens (including phenoxy) is 1. The quantitative estimate of drug-likeness (QED) is 0.276. The summed E-state index contributed by atoms with van der Waals surface area (Å²) in [7, 11) is 1.68. The molecule has 1 aliphatic carbocycles. The second kappa shape index (κ2) is 10.7. The summed E-state index contributed by atoms with van der Waals surface area (Å²) >= 11 is 1.52. The van der Waals surface area contributed by atoms with Crippen molar-refractivity contribution in [3.63, 3.8) is 0 Å². The molecule has 10 nitrogen and oxygen atoms in total. The van der Waals surface area contributed by atoms with Gasteiger partial charge in [-0.25, -0.2) is 9.97 Å². The number of hydrogen-bond donors (Lipinski definition) is 5. The van der Waals surface area contributed by atoms with Gasteiger partial charge in [-0.15, -0.1) is 11.3 Å². The fourth-order valence-electron chi connectivity index (χ4n) is 4.10. The number of nitrogens with zero attached hydrogens (tertiary/aromatic N) is 4. The number of pyridine rings is 1. The zero-order valence-corrected chi connectivity index (χ0v) is 19.5. The van der Waals surface area contributed by atoms with Gasteiger partial charge in [0.15, 0.2) is 0 Å². The van der Waals surface area contributed by atoms with Crippen LogP contribution in [0, 0.1) is 12.8 Å². The van der Waals surface area contributed by atoms with Gasteiger partial charge in [0.2, 0.25) is 5.95 Å². The first-order valence-electron chi connectivity index (χ1n) is 11.1. The summed E-state index contributed by atoms with van der Waals surface area (Å²) in [5.74, 6) is 0.616. The van der Waals surface area contributed by atoms with E-state index in [0.29, 0.717) is 31.3 Å². The van der Waals surface area contributed by atoms with E-state index in [1.54, 1.807) is 19.5 Å². The SMILES string of the molecule is COCCCCNc1nc(C)c(-c2nc3cnccc3s2)c(N[C@@H]2C[C@H](CO)[C@@H](O)[C@H]2O)n1. The molecule has 0 amide bonds. The van der Waals surface area contributed by atoms with Crippen molar-refractivity contribution in [3.8, 4) is 10.6 Å². The third kappa shape index (κ3) is 5.22. The Labute approximate surface area is 196 Å². The molecule has 11 heteroatoms. The molecule has 178 valence electrons. The molecular weight excluding hydrogens is 444 g/mol. The largest absolute Gasteiger partial charge is 0.396 e. The molecule has 0 unspecified atom stereocenters. The van der Waals surface area contributed by atoms with Crippen molar-refractivity contribution < 1.29 is 20.1 Å². The summed E-state index contributed by atoms with van der Waals surface area (Å²) in [6, 6.07) is 1.45. The Bertz CT molecular complexity index is 1050. The molecule has 1 aliphatic rings. The van der Waals surface area contributed by atoms with E-state index in [2.05, 4.69) is 20.6 Å². The van der Waals surface area contributed by atoms with E-state index in [1.165, 1.54) is 11.3 Å². The molecule has 5 N–H and O–H groups in total. The summed E-state index contributed by atoms with van der Waals surface area (Å²) in [5.41, 5.74) is 2.28. The fourth-order valence-corrected chi connectivity index (χ4v) is 5.13. The molecule has 0 saturated heterocycles. The van der Waals surface area contributed by atoms with Gasteiger partial charge in [-0.1, -0.05) is 0 Å². The van der Waals surface area contributed by atoms with Crippen LogP contribution in [0.5, 0.6) is 0 Å². The Morgan fingerprint density at radius 3 is 2.76 bits per heavy atom. The van der Waals surface area contributed by atoms with Crippen molar-refractivity contribution in [2.45, 2.75) is 44.4 Å². The molecule has 0 spiro atoms. The van der Waals surface area contributed by atoms with E-state index in [9.17, 15) is 15.3 Å². The van der Waals surface area contributed by atoms with E-state index < -0.39 is 24.2 Å². The van der Waals surface area contributed by atoms with Gasteiger partial charge >= 0.3 is 0 Å². The fraction of sp³-hybridized carbons (Fsp3) is 0.545. The molecule has 0 aliphatic heterocycles. The minimum atomic E-state index is -1.02. The standard InChI is InChI=1S/C22H30N6O4S/c1-12-17(21-27-15-10-23-7-5-16(15)33-21)20(26-14-9-13(11-29)18(30)19(14)31)28-22(25-12)24-6-3-4-8-32-2/h5,7,10,13-14,18-19,29-31H,3-4,6,8-9,11H2,1-2H3,(H2,24,25,26,28)/t13-,14-,18-,19+/m1/s1. The highest BCUT2D eigenvalue weighted by molar-refractivity contribution is 7.21. The molecule has 3 heterocycles. The summed E-state index contributed by atoms with van der Waals surface area (Å²) in [5, 5.41) is 37.7. The predicted molar refractivity (Wildman–Crippen MR) is 127 cm³/mol. The van der Waals surface area contributed by atoms with Gasteiger partial charge in [-0.3, -0.25) is 4.98 Å². The number of unbranched alkanes of at least 4 members (excludes halogenated alkanes) is 1. The number of aryl methyl sites for hydroxylation is 1. The second-order valence-corrected chi connectivity index (χ2v) is 9.29. The van der Waals surface area contributed by atoms with Gasteiger partial charge < -0.3 is 30.7 Å². The van der Waals surface area contributed by atoms with Crippen molar-refractivity contribution in [1.29, 1.82) is 0 Å². The van der Waals surface area contributed by atoms with E-state index in [-0.39, 0.29) is 6.61 Å². The summed E-state index contributed by atoms with van der Waals surface area (Å²) in [6.45, 7) is 3.11. The zero-order chi connectivity index (χ0) is 23.4. The number of aliphatic hydroxyl groups is 3. The molecule has 1 saturated carbocycles. The number of rotatable bonds is 10. The highest BCUT2D eigenvalue weighted by Crippen LogP contribution is 2.37. The average molecular weight is 475 g/mol. The van der Waals surface area contributed by atoms with E-state index in [1.807, 2.05) is 13.0 Å². The van der Waals surface area contributed by atoms with Crippen LogP contribution in [0.15, 0.2) is 18.5 Å². The Morgan fingerprint density at radius 2 is 2.03 bits per heavy atom. The Morgan fingerprint density at radius 1 is 1.18 bits per heavy atom. The summed E-state index contributed by atoms with van der Waals surface area (Å²) in [4.78, 5) is 18.2. The monoisotopic (exact) mass is 474 g/mol. The molecule has 1 fully saturated rings. The summed E-state index contributed by atoms with van der Waals surface area (Å²) in [6.07, 6.45) is 3.70. The molecule has 4 rings (SSSR count). The zero-order valence-electron chi connectivity index (χ0n) is 18.7. The first-order valence-corrected chi connectivity index (χ1v) is 11.9. The molecule has 0 radical (unpaired) electrons. The number of fused-ring (bicyclic) bond motifs is 1.